The number of hydrogen-bond acceptors (Lipinski definition) is 3. The van der Waals surface area contributed by atoms with Gasteiger partial charge in [-0.05, 0) is 0 Å². The number of hydrogen-bond donors (Lipinski definition) is 2. The maximum Gasteiger partial charge on any atom is 0.164 e. The molecule has 0 rings (SSSR count). The van der Waals surface area contributed by atoms with Crippen LogP contribution in [0.3, 0.4) is 0 Å². The van der Waals surface area contributed by atoms with Crippen LogP contribution in [0.15, 0.2) is 0 Å². The summed E-state index contributed by atoms with van der Waals surface area (Å²) in [5.74, 6) is -0.650. The number of carbonyl (C=O) groups excluding carboxylic acids is 1. The van der Waals surface area contributed by atoms with Crippen LogP contribution < -0.4 is 0 Å². The Morgan fingerprint density at radius 2 is 2.29 bits per heavy atom. The van der Waals surface area contributed by atoms with Crippen molar-refractivity contribution in [2.75, 3.05) is 6.61 Å². The highest BCUT2D eigenvalue weighted by molar-refractivity contribution is 5.86. The fourth-order valence-corrected chi connectivity index (χ4v) is 0.102. The van der Waals surface area contributed by atoms with E-state index in [9.17, 15) is 4.79 Å². The number of aliphatic hydroxyl groups is 2. The van der Waals surface area contributed by atoms with Gasteiger partial charge in [-0.3, -0.25) is 4.79 Å². The van der Waals surface area contributed by atoms with Crippen LogP contribution in [0.2, 0.25) is 0 Å². The maximum atomic E-state index is 9.85. The fraction of sp³-hybridized carbons (Fsp3) is 0.500. The average Bonchev–Trinajstić information content (AvgIpc) is 1.65. The highest BCUT2D eigenvalue weighted by Crippen LogP contribution is 1.78. The van der Waals surface area contributed by atoms with Crippen LogP contribution in [0.25, 0.3) is 0 Å². The largest absolute Gasteiger partial charge is 0.393 e. The standard InChI is InChI=1S/C4H7O3/c1-3(6)4(7)2-5/h4-5,7H,1-2H2. The monoisotopic (exact) mass is 103 g/mol. The second-order valence-electron chi connectivity index (χ2n) is 1.16. The number of carbonyl (C=O) groups is 1. The van der Waals surface area contributed by atoms with E-state index >= 15 is 0 Å². The van der Waals surface area contributed by atoms with Crippen LogP contribution in [0.1, 0.15) is 0 Å². The molecule has 3 heteroatoms. The molecule has 0 amide bonds. The zero-order valence-corrected chi connectivity index (χ0v) is 3.79. The van der Waals surface area contributed by atoms with Gasteiger partial charge in [0.15, 0.2) is 5.78 Å². The van der Waals surface area contributed by atoms with E-state index in [0.717, 1.165) is 0 Å². The van der Waals surface area contributed by atoms with Crippen LogP contribution in [0.4, 0.5) is 0 Å². The molecule has 0 saturated carbocycles. The molecule has 1 unspecified atom stereocenters. The van der Waals surface area contributed by atoms with Crippen molar-refractivity contribution in [1.29, 1.82) is 0 Å². The van der Waals surface area contributed by atoms with Gasteiger partial charge in [-0.2, -0.15) is 0 Å². The molecule has 0 aliphatic rings. The molecule has 41 valence electrons. The minimum Gasteiger partial charge on any atom is -0.393 e. The minimum atomic E-state index is -1.29. The van der Waals surface area contributed by atoms with Crippen molar-refractivity contribution in [3.8, 4) is 0 Å². The van der Waals surface area contributed by atoms with E-state index in [1.54, 1.807) is 0 Å². The highest BCUT2D eigenvalue weighted by Gasteiger charge is 2.05. The summed E-state index contributed by atoms with van der Waals surface area (Å²) in [6.07, 6.45) is -1.29. The SMILES string of the molecule is [CH2]C(=O)C(O)CO. The lowest BCUT2D eigenvalue weighted by molar-refractivity contribution is -0.124. The van der Waals surface area contributed by atoms with E-state index < -0.39 is 18.5 Å². The summed E-state index contributed by atoms with van der Waals surface area (Å²) in [7, 11) is 0. The fourth-order valence-electron chi connectivity index (χ4n) is 0.102. The Morgan fingerprint density at radius 3 is 2.29 bits per heavy atom. The van der Waals surface area contributed by atoms with Crippen LogP contribution >= 0.6 is 0 Å². The molecular weight excluding hydrogens is 96.0 g/mol. The predicted octanol–water partition coefficient (Wildman–Crippen LogP) is -1.26. The Hall–Kier alpha value is -0.410. The minimum absolute atomic E-state index is 0.539. The van der Waals surface area contributed by atoms with Gasteiger partial charge in [0.25, 0.3) is 0 Å². The van der Waals surface area contributed by atoms with Gasteiger partial charge in [-0.1, -0.05) is 0 Å². The highest BCUT2D eigenvalue weighted by atomic mass is 16.3. The van der Waals surface area contributed by atoms with E-state index in [2.05, 4.69) is 6.92 Å². The molecule has 1 atom stereocenters. The molecule has 0 fully saturated rings. The zero-order chi connectivity index (χ0) is 5.86. The van der Waals surface area contributed by atoms with Gasteiger partial charge in [-0.15, -0.1) is 0 Å². The summed E-state index contributed by atoms with van der Waals surface area (Å²) in [4.78, 5) is 9.85. The molecule has 7 heavy (non-hydrogen) atoms. The number of ketones is 1. The van der Waals surface area contributed by atoms with Crippen molar-refractivity contribution < 1.29 is 15.0 Å². The van der Waals surface area contributed by atoms with Crippen molar-refractivity contribution in [3.63, 3.8) is 0 Å². The third-order valence-electron chi connectivity index (χ3n) is 0.545. The maximum absolute atomic E-state index is 9.85. The molecule has 0 heterocycles. The molecular formula is C4H7O3. The normalized spacial score (nSPS) is 13.6. The van der Waals surface area contributed by atoms with E-state index in [0.29, 0.717) is 0 Å². The van der Waals surface area contributed by atoms with Crippen molar-refractivity contribution >= 4 is 5.78 Å². The van der Waals surface area contributed by atoms with Crippen LogP contribution in [-0.4, -0.2) is 28.7 Å². The van der Waals surface area contributed by atoms with Crippen LogP contribution in [0.5, 0.6) is 0 Å². The third kappa shape index (κ3) is 2.31. The lowest BCUT2D eigenvalue weighted by atomic mass is 10.3. The molecule has 0 aliphatic carbocycles. The molecule has 0 bridgehead atoms. The molecule has 3 nitrogen and oxygen atoms in total. The van der Waals surface area contributed by atoms with Gasteiger partial charge >= 0.3 is 0 Å². The summed E-state index contributed by atoms with van der Waals surface area (Å²) in [6, 6.07) is 0. The molecule has 0 aliphatic heterocycles. The second-order valence-corrected chi connectivity index (χ2v) is 1.16. The summed E-state index contributed by atoms with van der Waals surface area (Å²) < 4.78 is 0. The first-order valence-electron chi connectivity index (χ1n) is 1.83. The second kappa shape index (κ2) is 2.71. The van der Waals surface area contributed by atoms with E-state index in [-0.39, 0.29) is 0 Å². The quantitative estimate of drug-likeness (QED) is 0.458. The first kappa shape index (κ1) is 6.59. The lowest BCUT2D eigenvalue weighted by Crippen LogP contribution is -2.20. The average molecular weight is 103 g/mol. The molecule has 0 aromatic carbocycles. The van der Waals surface area contributed by atoms with Crippen LogP contribution in [0, 0.1) is 6.92 Å². The predicted molar refractivity (Wildman–Crippen MR) is 23.5 cm³/mol. The first-order valence-corrected chi connectivity index (χ1v) is 1.83. The van der Waals surface area contributed by atoms with Gasteiger partial charge < -0.3 is 10.2 Å². The van der Waals surface area contributed by atoms with Crippen molar-refractivity contribution in [2.24, 2.45) is 0 Å². The summed E-state index contributed by atoms with van der Waals surface area (Å²) in [6.45, 7) is 2.32. The van der Waals surface area contributed by atoms with Crippen molar-refractivity contribution in [3.05, 3.63) is 6.92 Å². The third-order valence-corrected chi connectivity index (χ3v) is 0.545. The van der Waals surface area contributed by atoms with E-state index in [1.165, 1.54) is 0 Å². The Kier molecular flexibility index (Phi) is 2.55. The van der Waals surface area contributed by atoms with Gasteiger partial charge in [0.05, 0.1) is 6.61 Å². The van der Waals surface area contributed by atoms with Crippen molar-refractivity contribution in [2.45, 2.75) is 6.10 Å². The molecule has 0 aromatic heterocycles. The molecule has 1 radical (unpaired) electrons. The molecule has 0 aromatic rings. The summed E-state index contributed by atoms with van der Waals surface area (Å²) in [5, 5.41) is 16.3. The van der Waals surface area contributed by atoms with Crippen molar-refractivity contribution in [1.82, 2.24) is 0 Å². The summed E-state index contributed by atoms with van der Waals surface area (Å²) in [5.41, 5.74) is 0. The molecule has 2 N–H and O–H groups in total. The van der Waals surface area contributed by atoms with E-state index in [4.69, 9.17) is 10.2 Å². The smallest absolute Gasteiger partial charge is 0.164 e. The van der Waals surface area contributed by atoms with Gasteiger partial charge in [0, 0.05) is 6.92 Å². The topological polar surface area (TPSA) is 57.5 Å². The van der Waals surface area contributed by atoms with Crippen LogP contribution in [-0.2, 0) is 4.79 Å². The number of rotatable bonds is 2. The van der Waals surface area contributed by atoms with Gasteiger partial charge in [0.1, 0.15) is 6.10 Å². The lowest BCUT2D eigenvalue weighted by Gasteiger charge is -1.96. The number of aliphatic hydroxyl groups excluding tert-OH is 2. The Bertz CT molecular complexity index is 69.3. The Labute approximate surface area is 41.6 Å². The van der Waals surface area contributed by atoms with Gasteiger partial charge in [-0.25, -0.2) is 0 Å². The number of Topliss-reactive ketones (excluding diaryl/α,β-unsaturated/α-hetero) is 1. The molecule has 0 saturated heterocycles. The molecule has 0 spiro atoms. The summed E-state index contributed by atoms with van der Waals surface area (Å²) >= 11 is 0. The Morgan fingerprint density at radius 1 is 1.86 bits per heavy atom. The zero-order valence-electron chi connectivity index (χ0n) is 3.79. The van der Waals surface area contributed by atoms with Gasteiger partial charge in [0.2, 0.25) is 0 Å². The first-order chi connectivity index (χ1) is 3.18. The Balaban J connectivity index is 3.34. The van der Waals surface area contributed by atoms with E-state index in [1.807, 2.05) is 0 Å².